The minimum Gasteiger partial charge on any atom is -0.388 e. The van der Waals surface area contributed by atoms with Crippen molar-refractivity contribution in [3.05, 3.63) is 65.7 Å². The third-order valence-corrected chi connectivity index (χ3v) is 8.55. The monoisotopic (exact) mass is 376 g/mol. The SMILES string of the molecule is Cc1ccc([S@@](=O)[C@@]2(Cl)[C@H](C(C)C)[C@@]2(C)[C@@H](O)c2ccccc2)cc1. The van der Waals surface area contributed by atoms with E-state index in [2.05, 4.69) is 13.8 Å². The third kappa shape index (κ3) is 2.77. The van der Waals surface area contributed by atoms with Crippen LogP contribution in [0.3, 0.4) is 0 Å². The van der Waals surface area contributed by atoms with Gasteiger partial charge in [-0.1, -0.05) is 68.8 Å². The normalized spacial score (nSPS) is 30.9. The molecule has 2 aromatic rings. The molecule has 2 aromatic carbocycles. The molecule has 2 nitrogen and oxygen atoms in total. The van der Waals surface area contributed by atoms with Gasteiger partial charge in [0.15, 0.2) is 0 Å². The van der Waals surface area contributed by atoms with Gasteiger partial charge in [-0.15, -0.1) is 11.6 Å². The Morgan fingerprint density at radius 3 is 2.16 bits per heavy atom. The maximum absolute atomic E-state index is 13.4. The Morgan fingerprint density at radius 2 is 1.64 bits per heavy atom. The number of hydrogen-bond acceptors (Lipinski definition) is 2. The molecule has 1 N–H and O–H groups in total. The predicted molar refractivity (Wildman–Crippen MR) is 104 cm³/mol. The van der Waals surface area contributed by atoms with Crippen molar-refractivity contribution in [1.29, 1.82) is 0 Å². The molecule has 1 aliphatic carbocycles. The molecule has 0 aromatic heterocycles. The van der Waals surface area contributed by atoms with E-state index in [9.17, 15) is 9.32 Å². The zero-order valence-electron chi connectivity index (χ0n) is 15.1. The fraction of sp³-hybridized carbons (Fsp3) is 0.429. The van der Waals surface area contributed by atoms with Crippen molar-refractivity contribution < 1.29 is 9.32 Å². The number of aliphatic hydroxyl groups excluding tert-OH is 1. The van der Waals surface area contributed by atoms with E-state index in [1.54, 1.807) is 0 Å². The van der Waals surface area contributed by atoms with Crippen LogP contribution >= 0.6 is 11.6 Å². The van der Waals surface area contributed by atoms with E-state index in [4.69, 9.17) is 11.6 Å². The van der Waals surface area contributed by atoms with Crippen LogP contribution < -0.4 is 0 Å². The number of aryl methyl sites for hydroxylation is 1. The van der Waals surface area contributed by atoms with Crippen molar-refractivity contribution in [1.82, 2.24) is 0 Å². The molecule has 4 heteroatoms. The standard InChI is InChI=1S/C21H25ClO2S/c1-14(2)18-20(4,19(23)16-8-6-5-7-9-16)21(18,22)25(24)17-12-10-15(3)11-13-17/h5-14,18-19,23H,1-4H3/t18-,19+,20+,21+,25-/m1/s1. The van der Waals surface area contributed by atoms with Crippen LogP contribution in [0.4, 0.5) is 0 Å². The lowest BCUT2D eigenvalue weighted by Crippen LogP contribution is -2.24. The molecule has 0 heterocycles. The summed E-state index contributed by atoms with van der Waals surface area (Å²) in [6, 6.07) is 17.2. The van der Waals surface area contributed by atoms with Gasteiger partial charge in [0, 0.05) is 16.2 Å². The Hall–Kier alpha value is -1.16. The second kappa shape index (κ2) is 6.53. The van der Waals surface area contributed by atoms with E-state index in [1.807, 2.05) is 68.4 Å². The van der Waals surface area contributed by atoms with Gasteiger partial charge in [0.2, 0.25) is 0 Å². The molecule has 0 spiro atoms. The molecule has 1 fully saturated rings. The van der Waals surface area contributed by atoms with Gasteiger partial charge in [0.1, 0.15) is 4.21 Å². The molecule has 1 saturated carbocycles. The van der Waals surface area contributed by atoms with Gasteiger partial charge in [0.05, 0.1) is 16.9 Å². The van der Waals surface area contributed by atoms with Crippen molar-refractivity contribution in [3.8, 4) is 0 Å². The van der Waals surface area contributed by atoms with Crippen LogP contribution in [0.2, 0.25) is 0 Å². The summed E-state index contributed by atoms with van der Waals surface area (Å²) in [5.74, 6) is 0.175. The fourth-order valence-electron chi connectivity index (χ4n) is 4.20. The summed E-state index contributed by atoms with van der Waals surface area (Å²) in [7, 11) is -1.41. The summed E-state index contributed by atoms with van der Waals surface area (Å²) in [6.45, 7) is 8.13. The van der Waals surface area contributed by atoms with Crippen LogP contribution in [-0.2, 0) is 10.8 Å². The van der Waals surface area contributed by atoms with E-state index in [-0.39, 0.29) is 11.8 Å². The summed E-state index contributed by atoms with van der Waals surface area (Å²) in [6.07, 6.45) is -0.756. The summed E-state index contributed by atoms with van der Waals surface area (Å²) in [5, 5.41) is 11.1. The Morgan fingerprint density at radius 1 is 1.08 bits per heavy atom. The van der Waals surface area contributed by atoms with Gasteiger partial charge < -0.3 is 5.11 Å². The van der Waals surface area contributed by atoms with Gasteiger partial charge >= 0.3 is 0 Å². The van der Waals surface area contributed by atoms with Crippen LogP contribution in [0.15, 0.2) is 59.5 Å². The van der Waals surface area contributed by atoms with Gasteiger partial charge in [-0.3, -0.25) is 4.21 Å². The second-order valence-electron chi connectivity index (χ2n) is 7.54. The van der Waals surface area contributed by atoms with Crippen LogP contribution in [0, 0.1) is 24.2 Å². The predicted octanol–water partition coefficient (Wildman–Crippen LogP) is 5.06. The smallest absolute Gasteiger partial charge is 0.136 e. The molecule has 0 aliphatic heterocycles. The quantitative estimate of drug-likeness (QED) is 0.740. The van der Waals surface area contributed by atoms with Gasteiger partial charge in [0.25, 0.3) is 0 Å². The number of aliphatic hydroxyl groups is 1. The molecule has 0 unspecified atom stereocenters. The summed E-state index contributed by atoms with van der Waals surface area (Å²) in [5.41, 5.74) is 1.28. The van der Waals surface area contributed by atoms with Crippen LogP contribution in [0.1, 0.15) is 38.0 Å². The maximum atomic E-state index is 13.4. The van der Waals surface area contributed by atoms with E-state index < -0.39 is 26.5 Å². The Bertz CT molecular complexity index is 774. The van der Waals surface area contributed by atoms with Crippen molar-refractivity contribution in [2.24, 2.45) is 17.3 Å². The van der Waals surface area contributed by atoms with E-state index in [0.717, 1.165) is 16.0 Å². The Balaban J connectivity index is 2.01. The molecule has 0 radical (unpaired) electrons. The molecule has 25 heavy (non-hydrogen) atoms. The van der Waals surface area contributed by atoms with Crippen LogP contribution in [0.25, 0.3) is 0 Å². The number of halogens is 1. The first-order chi connectivity index (χ1) is 11.7. The molecule has 0 bridgehead atoms. The Kier molecular flexibility index (Phi) is 4.87. The first-order valence-corrected chi connectivity index (χ1v) is 10.2. The average Bonchev–Trinajstić information content (AvgIpc) is 3.13. The topological polar surface area (TPSA) is 37.3 Å². The molecule has 0 saturated heterocycles. The maximum Gasteiger partial charge on any atom is 0.136 e. The lowest BCUT2D eigenvalue weighted by molar-refractivity contribution is 0.0872. The number of hydrogen-bond donors (Lipinski definition) is 1. The third-order valence-electron chi connectivity index (χ3n) is 5.55. The summed E-state index contributed by atoms with van der Waals surface area (Å²) in [4.78, 5) is 0.718. The summed E-state index contributed by atoms with van der Waals surface area (Å²) >= 11 is 7.02. The lowest BCUT2D eigenvalue weighted by Gasteiger charge is -2.23. The highest BCUT2D eigenvalue weighted by atomic mass is 35.5. The van der Waals surface area contributed by atoms with E-state index in [1.165, 1.54) is 0 Å². The summed E-state index contributed by atoms with van der Waals surface area (Å²) < 4.78 is 12.4. The van der Waals surface area contributed by atoms with Gasteiger partial charge in [-0.05, 0) is 30.5 Å². The highest BCUT2D eigenvalue weighted by Crippen LogP contribution is 2.75. The number of alkyl halides is 1. The van der Waals surface area contributed by atoms with Crippen molar-refractivity contribution in [2.45, 2.75) is 42.9 Å². The average molecular weight is 377 g/mol. The largest absolute Gasteiger partial charge is 0.388 e. The number of rotatable bonds is 5. The minimum atomic E-state index is -1.41. The zero-order valence-corrected chi connectivity index (χ0v) is 16.6. The molecule has 5 atom stereocenters. The fourth-order valence-corrected chi connectivity index (χ4v) is 7.17. The Labute approximate surface area is 157 Å². The molecule has 3 rings (SSSR count). The number of benzene rings is 2. The van der Waals surface area contributed by atoms with Crippen molar-refractivity contribution in [3.63, 3.8) is 0 Å². The highest BCUT2D eigenvalue weighted by Gasteiger charge is 2.80. The van der Waals surface area contributed by atoms with Crippen molar-refractivity contribution >= 4 is 22.4 Å². The molecular formula is C21H25ClO2S. The molecule has 134 valence electrons. The highest BCUT2D eigenvalue weighted by molar-refractivity contribution is 7.88. The van der Waals surface area contributed by atoms with Gasteiger partial charge in [-0.2, -0.15) is 0 Å². The molecule has 0 amide bonds. The minimum absolute atomic E-state index is 0.0426. The first-order valence-electron chi connectivity index (χ1n) is 8.65. The van der Waals surface area contributed by atoms with Crippen LogP contribution in [0.5, 0.6) is 0 Å². The van der Waals surface area contributed by atoms with Crippen molar-refractivity contribution in [2.75, 3.05) is 0 Å². The van der Waals surface area contributed by atoms with E-state index >= 15 is 0 Å². The lowest BCUT2D eigenvalue weighted by atomic mass is 9.89. The molecular weight excluding hydrogens is 352 g/mol. The van der Waals surface area contributed by atoms with Gasteiger partial charge in [-0.25, -0.2) is 0 Å². The first kappa shape index (κ1) is 18.6. The van der Waals surface area contributed by atoms with E-state index in [0.29, 0.717) is 0 Å². The second-order valence-corrected chi connectivity index (χ2v) is 10.0. The zero-order chi connectivity index (χ0) is 18.4. The van der Waals surface area contributed by atoms with Crippen LogP contribution in [-0.4, -0.2) is 13.5 Å². The molecule has 1 aliphatic rings.